The van der Waals surface area contributed by atoms with E-state index in [9.17, 15) is 4.39 Å². The van der Waals surface area contributed by atoms with Gasteiger partial charge in [0.05, 0.1) is 12.7 Å². The average molecular weight is 251 g/mol. The molecule has 1 aromatic rings. The number of methoxy groups -OCH3 is 1. The Morgan fingerprint density at radius 2 is 2.39 bits per heavy atom. The van der Waals surface area contributed by atoms with Crippen LogP contribution in [-0.4, -0.2) is 38.5 Å². The van der Waals surface area contributed by atoms with Gasteiger partial charge < -0.3 is 14.8 Å². The van der Waals surface area contributed by atoms with Crippen molar-refractivity contribution in [2.45, 2.75) is 24.0 Å². The van der Waals surface area contributed by atoms with E-state index in [1.807, 2.05) is 6.07 Å². The Hall–Kier alpha value is -0.970. The number of hydrogen-bond acceptors (Lipinski definition) is 3. The van der Waals surface area contributed by atoms with Crippen molar-refractivity contribution < 1.29 is 13.9 Å². The topological polar surface area (TPSA) is 30.5 Å². The third-order valence-electron chi connectivity index (χ3n) is 4.11. The minimum Gasteiger partial charge on any atom is -0.377 e. The van der Waals surface area contributed by atoms with Crippen LogP contribution in [0.3, 0.4) is 0 Å². The lowest BCUT2D eigenvalue weighted by Gasteiger charge is -2.28. The number of hydrogen-bond donors (Lipinski definition) is 1. The summed E-state index contributed by atoms with van der Waals surface area (Å²) in [5, 5.41) is 3.32. The summed E-state index contributed by atoms with van der Waals surface area (Å²) < 4.78 is 24.8. The van der Waals surface area contributed by atoms with Crippen molar-refractivity contribution in [1.29, 1.82) is 0 Å². The fraction of sp³-hybridized carbons (Fsp3) is 0.571. The summed E-state index contributed by atoms with van der Waals surface area (Å²) >= 11 is 0. The van der Waals surface area contributed by atoms with Crippen molar-refractivity contribution in [3.63, 3.8) is 0 Å². The van der Waals surface area contributed by atoms with Crippen molar-refractivity contribution in [2.24, 2.45) is 0 Å². The van der Waals surface area contributed by atoms with Crippen LogP contribution in [0.25, 0.3) is 0 Å². The molecule has 0 unspecified atom stereocenters. The van der Waals surface area contributed by atoms with Crippen LogP contribution in [0.15, 0.2) is 24.3 Å². The zero-order chi connectivity index (χ0) is 12.6. The van der Waals surface area contributed by atoms with Crippen LogP contribution in [0.1, 0.15) is 17.9 Å². The van der Waals surface area contributed by atoms with Gasteiger partial charge in [0.15, 0.2) is 0 Å². The minimum absolute atomic E-state index is 0.0936. The molecule has 2 aliphatic rings. The van der Waals surface area contributed by atoms with Gasteiger partial charge in [-0.15, -0.1) is 0 Å². The maximum Gasteiger partial charge on any atom is 0.123 e. The maximum atomic E-state index is 13.3. The molecule has 1 aromatic carbocycles. The van der Waals surface area contributed by atoms with E-state index in [1.165, 1.54) is 6.07 Å². The Morgan fingerprint density at radius 3 is 3.17 bits per heavy atom. The first-order chi connectivity index (χ1) is 8.73. The molecule has 0 radical (unpaired) electrons. The maximum absolute atomic E-state index is 13.3. The zero-order valence-corrected chi connectivity index (χ0v) is 10.5. The standard InChI is InChI=1S/C14H18FNO2/c1-17-13-7-16-9-14(13)6-11(8-18-14)10-3-2-4-12(15)5-10/h2-5,11,13,16H,6-9H2,1H3/t11-,13-,14-/m1/s1. The van der Waals surface area contributed by atoms with E-state index in [2.05, 4.69) is 5.32 Å². The monoisotopic (exact) mass is 251 g/mol. The normalized spacial score (nSPS) is 35.4. The minimum atomic E-state index is -0.230. The summed E-state index contributed by atoms with van der Waals surface area (Å²) in [4.78, 5) is 0. The van der Waals surface area contributed by atoms with Crippen LogP contribution >= 0.6 is 0 Å². The van der Waals surface area contributed by atoms with Gasteiger partial charge in [-0.2, -0.15) is 0 Å². The van der Waals surface area contributed by atoms with Gasteiger partial charge in [0.1, 0.15) is 11.4 Å². The van der Waals surface area contributed by atoms with Crippen LogP contribution in [0.2, 0.25) is 0 Å². The van der Waals surface area contributed by atoms with E-state index in [-0.39, 0.29) is 23.4 Å². The van der Waals surface area contributed by atoms with Crippen molar-refractivity contribution in [1.82, 2.24) is 5.32 Å². The summed E-state index contributed by atoms with van der Waals surface area (Å²) in [6.45, 7) is 2.29. The van der Waals surface area contributed by atoms with Gasteiger partial charge in [-0.3, -0.25) is 0 Å². The van der Waals surface area contributed by atoms with Gasteiger partial charge in [-0.05, 0) is 24.1 Å². The van der Waals surface area contributed by atoms with Crippen LogP contribution in [0, 0.1) is 5.82 Å². The Labute approximate surface area is 106 Å². The molecule has 0 amide bonds. The van der Waals surface area contributed by atoms with E-state index in [1.54, 1.807) is 19.2 Å². The summed E-state index contributed by atoms with van der Waals surface area (Å²) in [6, 6.07) is 6.82. The first-order valence-corrected chi connectivity index (χ1v) is 6.36. The first kappa shape index (κ1) is 12.1. The molecule has 0 bridgehead atoms. The van der Waals surface area contributed by atoms with E-state index in [0.29, 0.717) is 6.61 Å². The third kappa shape index (κ3) is 1.94. The van der Waals surface area contributed by atoms with Gasteiger partial charge in [0.2, 0.25) is 0 Å². The van der Waals surface area contributed by atoms with E-state index < -0.39 is 0 Å². The molecule has 2 heterocycles. The fourth-order valence-electron chi connectivity index (χ4n) is 3.14. The Morgan fingerprint density at radius 1 is 1.50 bits per heavy atom. The highest BCUT2D eigenvalue weighted by Crippen LogP contribution is 2.41. The Kier molecular flexibility index (Phi) is 3.09. The molecule has 2 aliphatic heterocycles. The lowest BCUT2D eigenvalue weighted by molar-refractivity contribution is -0.0750. The Bertz CT molecular complexity index is 440. The second-order valence-electron chi connectivity index (χ2n) is 5.19. The fourth-order valence-corrected chi connectivity index (χ4v) is 3.14. The van der Waals surface area contributed by atoms with E-state index in [4.69, 9.17) is 9.47 Å². The lowest BCUT2D eigenvalue weighted by Crippen LogP contribution is -2.42. The number of ether oxygens (including phenoxy) is 2. The van der Waals surface area contributed by atoms with Crippen LogP contribution in [0.5, 0.6) is 0 Å². The van der Waals surface area contributed by atoms with Crippen molar-refractivity contribution in [2.75, 3.05) is 26.8 Å². The van der Waals surface area contributed by atoms with Gasteiger partial charge in [0, 0.05) is 26.1 Å². The van der Waals surface area contributed by atoms with E-state index in [0.717, 1.165) is 25.1 Å². The summed E-state index contributed by atoms with van der Waals surface area (Å²) in [5.74, 6) is 0.0829. The smallest absolute Gasteiger partial charge is 0.123 e. The van der Waals surface area contributed by atoms with E-state index >= 15 is 0 Å². The molecule has 2 fully saturated rings. The molecular weight excluding hydrogens is 233 g/mol. The number of rotatable bonds is 2. The highest BCUT2D eigenvalue weighted by molar-refractivity contribution is 5.23. The molecule has 18 heavy (non-hydrogen) atoms. The molecule has 2 saturated heterocycles. The second kappa shape index (κ2) is 4.61. The van der Waals surface area contributed by atoms with Gasteiger partial charge in [-0.1, -0.05) is 12.1 Å². The molecule has 4 heteroatoms. The molecular formula is C14H18FNO2. The highest BCUT2D eigenvalue weighted by atomic mass is 19.1. The molecule has 3 nitrogen and oxygen atoms in total. The summed E-state index contributed by atoms with van der Waals surface area (Å²) in [5.41, 5.74) is 0.791. The third-order valence-corrected chi connectivity index (χ3v) is 4.11. The van der Waals surface area contributed by atoms with Crippen LogP contribution in [0.4, 0.5) is 4.39 Å². The number of nitrogens with one attached hydrogen (secondary N) is 1. The van der Waals surface area contributed by atoms with Crippen molar-refractivity contribution in [3.8, 4) is 0 Å². The van der Waals surface area contributed by atoms with Crippen LogP contribution in [-0.2, 0) is 9.47 Å². The average Bonchev–Trinajstić information content (AvgIpc) is 2.97. The molecule has 0 aromatic heterocycles. The Balaban J connectivity index is 1.79. The lowest BCUT2D eigenvalue weighted by atomic mass is 9.87. The first-order valence-electron chi connectivity index (χ1n) is 6.36. The second-order valence-corrected chi connectivity index (χ2v) is 5.19. The number of halogens is 1. The SMILES string of the molecule is CO[C@@H]1CNC[C@]12C[C@@H](c1cccc(F)c1)CO2. The van der Waals surface area contributed by atoms with Gasteiger partial charge in [0.25, 0.3) is 0 Å². The predicted octanol–water partition coefficient (Wildman–Crippen LogP) is 1.69. The van der Waals surface area contributed by atoms with Gasteiger partial charge in [-0.25, -0.2) is 4.39 Å². The summed E-state index contributed by atoms with van der Waals surface area (Å²) in [7, 11) is 1.72. The zero-order valence-electron chi connectivity index (χ0n) is 10.5. The van der Waals surface area contributed by atoms with Crippen LogP contribution < -0.4 is 5.32 Å². The molecule has 0 aliphatic carbocycles. The molecule has 0 saturated carbocycles. The predicted molar refractivity (Wildman–Crippen MR) is 66.1 cm³/mol. The quantitative estimate of drug-likeness (QED) is 0.867. The molecule has 1 N–H and O–H groups in total. The molecule has 98 valence electrons. The molecule has 1 spiro atoms. The molecule has 3 rings (SSSR count). The highest BCUT2D eigenvalue weighted by Gasteiger charge is 2.50. The largest absolute Gasteiger partial charge is 0.377 e. The molecule has 3 atom stereocenters. The van der Waals surface area contributed by atoms with Crippen molar-refractivity contribution in [3.05, 3.63) is 35.6 Å². The number of benzene rings is 1. The van der Waals surface area contributed by atoms with Gasteiger partial charge >= 0.3 is 0 Å². The van der Waals surface area contributed by atoms with Crippen molar-refractivity contribution >= 4 is 0 Å². The summed E-state index contributed by atoms with van der Waals surface area (Å²) in [6.07, 6.45) is 0.984.